The molecule has 0 aliphatic carbocycles. The zero-order valence-electron chi connectivity index (χ0n) is 13.5. The first-order valence-corrected chi connectivity index (χ1v) is 7.33. The number of phenols is 1. The minimum atomic E-state index is -0.690. The van der Waals surface area contributed by atoms with Gasteiger partial charge in [0.25, 0.3) is 0 Å². The summed E-state index contributed by atoms with van der Waals surface area (Å²) >= 11 is 0. The second kappa shape index (κ2) is 8.08. The second-order valence-electron chi connectivity index (χ2n) is 5.04. The molecule has 0 radical (unpaired) electrons. The zero-order chi connectivity index (χ0) is 16.7. The molecule has 0 saturated carbocycles. The van der Waals surface area contributed by atoms with Crippen LogP contribution in [0.25, 0.3) is 6.08 Å². The molecule has 118 valence electrons. The minimum Gasteiger partial charge on any atom is -0.507 e. The van der Waals surface area contributed by atoms with Gasteiger partial charge in [0, 0.05) is 30.4 Å². The third-order valence-corrected chi connectivity index (χ3v) is 3.13. The lowest BCUT2D eigenvalue weighted by molar-refractivity contribution is -0.142. The fourth-order valence-electron chi connectivity index (χ4n) is 2.01. The fraction of sp³-hybridized carbons (Fsp3) is 0.412. The number of hydrogen-bond acceptors (Lipinski definition) is 5. The maximum absolute atomic E-state index is 11.8. The molecule has 22 heavy (non-hydrogen) atoms. The van der Waals surface area contributed by atoms with Crippen molar-refractivity contribution in [2.24, 2.45) is 0 Å². The Morgan fingerprint density at radius 3 is 2.50 bits per heavy atom. The first kappa shape index (κ1) is 17.6. The molecule has 1 rings (SSSR count). The molecule has 0 fully saturated rings. The summed E-state index contributed by atoms with van der Waals surface area (Å²) in [6.45, 7) is 9.14. The summed E-state index contributed by atoms with van der Waals surface area (Å²) < 4.78 is 4.99. The van der Waals surface area contributed by atoms with Crippen LogP contribution < -0.4 is 4.90 Å². The highest BCUT2D eigenvalue weighted by molar-refractivity contribution is 5.98. The zero-order valence-corrected chi connectivity index (χ0v) is 13.5. The molecular formula is C17H22N2O3. The molecule has 0 aliphatic heterocycles. The number of phenolic OH excluding ortho intramolecular Hbond substituents is 1. The van der Waals surface area contributed by atoms with Crippen LogP contribution in [0.15, 0.2) is 23.8 Å². The topological polar surface area (TPSA) is 73.6 Å². The van der Waals surface area contributed by atoms with Crippen LogP contribution in [0.3, 0.4) is 0 Å². The van der Waals surface area contributed by atoms with Gasteiger partial charge in [0.15, 0.2) is 0 Å². The van der Waals surface area contributed by atoms with E-state index < -0.39 is 5.97 Å². The van der Waals surface area contributed by atoms with Crippen LogP contribution in [-0.4, -0.2) is 30.3 Å². The molecule has 1 aromatic carbocycles. The van der Waals surface area contributed by atoms with E-state index in [1.807, 2.05) is 26.0 Å². The van der Waals surface area contributed by atoms with Gasteiger partial charge in [-0.05, 0) is 45.9 Å². The summed E-state index contributed by atoms with van der Waals surface area (Å²) in [4.78, 5) is 13.9. The van der Waals surface area contributed by atoms with Crippen LogP contribution in [0.1, 0.15) is 33.3 Å². The number of ether oxygens (including phenoxy) is 1. The van der Waals surface area contributed by atoms with E-state index in [2.05, 4.69) is 4.90 Å². The molecule has 0 amide bonds. The minimum absolute atomic E-state index is 0.0227. The third kappa shape index (κ3) is 4.52. The number of rotatable bonds is 6. The smallest absolute Gasteiger partial charge is 0.349 e. The normalized spacial score (nSPS) is 11.2. The van der Waals surface area contributed by atoms with Gasteiger partial charge < -0.3 is 14.7 Å². The Balaban J connectivity index is 3.09. The molecule has 0 aliphatic rings. The van der Waals surface area contributed by atoms with Gasteiger partial charge in [0.2, 0.25) is 0 Å². The second-order valence-corrected chi connectivity index (χ2v) is 5.04. The maximum atomic E-state index is 11.8. The summed E-state index contributed by atoms with van der Waals surface area (Å²) in [6, 6.07) is 6.97. The summed E-state index contributed by atoms with van der Waals surface area (Å²) in [7, 11) is 0. The quantitative estimate of drug-likeness (QED) is 0.496. The highest BCUT2D eigenvalue weighted by Gasteiger charge is 2.14. The average molecular weight is 302 g/mol. The lowest BCUT2D eigenvalue weighted by Crippen LogP contribution is -2.21. The van der Waals surface area contributed by atoms with E-state index in [0.29, 0.717) is 5.56 Å². The van der Waals surface area contributed by atoms with Gasteiger partial charge in [0.1, 0.15) is 17.4 Å². The molecule has 0 bridgehead atoms. The number of aromatic hydroxyl groups is 1. The number of anilines is 1. The lowest BCUT2D eigenvalue weighted by Gasteiger charge is -2.21. The van der Waals surface area contributed by atoms with Gasteiger partial charge in [-0.1, -0.05) is 0 Å². The van der Waals surface area contributed by atoms with Gasteiger partial charge in [-0.25, -0.2) is 4.79 Å². The van der Waals surface area contributed by atoms with Crippen molar-refractivity contribution in [3.8, 4) is 11.8 Å². The molecule has 0 saturated heterocycles. The monoisotopic (exact) mass is 302 g/mol. The van der Waals surface area contributed by atoms with E-state index in [4.69, 9.17) is 10.00 Å². The summed E-state index contributed by atoms with van der Waals surface area (Å²) in [5.74, 6) is -0.667. The molecular weight excluding hydrogens is 280 g/mol. The molecule has 0 unspecified atom stereocenters. The fourth-order valence-corrected chi connectivity index (χ4v) is 2.01. The molecule has 0 heterocycles. The van der Waals surface area contributed by atoms with Crippen molar-refractivity contribution in [3.05, 3.63) is 29.3 Å². The van der Waals surface area contributed by atoms with Crippen molar-refractivity contribution in [1.82, 2.24) is 0 Å². The Labute approximate surface area is 131 Å². The number of nitrogens with zero attached hydrogens (tertiary/aromatic N) is 2. The summed E-state index contributed by atoms with van der Waals surface area (Å²) in [6.07, 6.45) is 1.04. The molecule has 5 nitrogen and oxygen atoms in total. The van der Waals surface area contributed by atoms with Crippen molar-refractivity contribution in [1.29, 1.82) is 5.26 Å². The molecule has 5 heteroatoms. The van der Waals surface area contributed by atoms with Crippen LogP contribution in [0.4, 0.5) is 5.69 Å². The molecule has 0 spiro atoms. The highest BCUT2D eigenvalue weighted by Crippen LogP contribution is 2.26. The predicted octanol–water partition coefficient (Wildman–Crippen LogP) is 3.10. The average Bonchev–Trinajstić information content (AvgIpc) is 2.46. The standard InChI is InChI=1S/C17H22N2O3/c1-5-19(6-2)15-8-7-13(16(20)10-15)9-14(11-18)17(21)22-12(3)4/h7-10,12,20H,5-6H2,1-4H3. The van der Waals surface area contributed by atoms with E-state index in [1.54, 1.807) is 26.0 Å². The number of benzene rings is 1. The van der Waals surface area contributed by atoms with Crippen molar-refractivity contribution < 1.29 is 14.6 Å². The van der Waals surface area contributed by atoms with Gasteiger partial charge in [-0.15, -0.1) is 0 Å². The van der Waals surface area contributed by atoms with Gasteiger partial charge in [-0.3, -0.25) is 0 Å². The van der Waals surface area contributed by atoms with E-state index in [-0.39, 0.29) is 17.4 Å². The SMILES string of the molecule is CCN(CC)c1ccc(C=C(C#N)C(=O)OC(C)C)c(O)c1. The number of carbonyl (C=O) groups is 1. The Kier molecular flexibility index (Phi) is 6.46. The van der Waals surface area contributed by atoms with E-state index >= 15 is 0 Å². The van der Waals surface area contributed by atoms with Crippen molar-refractivity contribution in [3.63, 3.8) is 0 Å². The first-order valence-electron chi connectivity index (χ1n) is 7.33. The van der Waals surface area contributed by atoms with Gasteiger partial charge in [0.05, 0.1) is 6.10 Å². The van der Waals surface area contributed by atoms with Crippen LogP contribution in [0, 0.1) is 11.3 Å². The van der Waals surface area contributed by atoms with Crippen molar-refractivity contribution >= 4 is 17.7 Å². The van der Waals surface area contributed by atoms with E-state index in [0.717, 1.165) is 18.8 Å². The first-order chi connectivity index (χ1) is 10.4. The molecule has 0 aromatic heterocycles. The Hall–Kier alpha value is -2.48. The summed E-state index contributed by atoms with van der Waals surface area (Å²) in [5, 5.41) is 19.2. The van der Waals surface area contributed by atoms with Crippen LogP contribution >= 0.6 is 0 Å². The predicted molar refractivity (Wildman–Crippen MR) is 86.5 cm³/mol. The van der Waals surface area contributed by atoms with Crippen molar-refractivity contribution in [2.75, 3.05) is 18.0 Å². The Bertz CT molecular complexity index is 596. The van der Waals surface area contributed by atoms with E-state index in [1.165, 1.54) is 6.08 Å². The van der Waals surface area contributed by atoms with Gasteiger partial charge >= 0.3 is 5.97 Å². The van der Waals surface area contributed by atoms with Crippen LogP contribution in [0.2, 0.25) is 0 Å². The van der Waals surface area contributed by atoms with Crippen LogP contribution in [-0.2, 0) is 9.53 Å². The lowest BCUT2D eigenvalue weighted by atomic mass is 10.1. The highest BCUT2D eigenvalue weighted by atomic mass is 16.5. The molecule has 1 aromatic rings. The number of esters is 1. The molecule has 1 N–H and O–H groups in total. The Morgan fingerprint density at radius 1 is 1.41 bits per heavy atom. The number of nitriles is 1. The largest absolute Gasteiger partial charge is 0.507 e. The van der Waals surface area contributed by atoms with Crippen molar-refractivity contribution in [2.45, 2.75) is 33.8 Å². The third-order valence-electron chi connectivity index (χ3n) is 3.13. The van der Waals surface area contributed by atoms with Gasteiger partial charge in [-0.2, -0.15) is 5.26 Å². The number of carbonyl (C=O) groups excluding carboxylic acids is 1. The number of hydrogen-bond donors (Lipinski definition) is 1. The summed E-state index contributed by atoms with van der Waals surface area (Å²) in [5.41, 5.74) is 1.16. The van der Waals surface area contributed by atoms with E-state index in [9.17, 15) is 9.90 Å². The molecule has 0 atom stereocenters. The Morgan fingerprint density at radius 2 is 2.05 bits per heavy atom. The maximum Gasteiger partial charge on any atom is 0.349 e. The van der Waals surface area contributed by atoms with Crippen LogP contribution in [0.5, 0.6) is 5.75 Å².